The fourth-order valence-electron chi connectivity index (χ4n) is 2.18. The topological polar surface area (TPSA) is 63.4 Å². The summed E-state index contributed by atoms with van der Waals surface area (Å²) < 4.78 is 27.1. The largest absolute Gasteiger partial charge is 0.326 e. The van der Waals surface area contributed by atoms with Crippen LogP contribution in [-0.2, 0) is 16.6 Å². The summed E-state index contributed by atoms with van der Waals surface area (Å²) in [5.74, 6) is 0. The summed E-state index contributed by atoms with van der Waals surface area (Å²) in [5, 5.41) is 0.405. The Morgan fingerprint density at radius 1 is 1.20 bits per heavy atom. The molecule has 2 N–H and O–H groups in total. The van der Waals surface area contributed by atoms with Gasteiger partial charge in [0.05, 0.1) is 4.90 Å². The molecule has 1 aromatic rings. The molecule has 0 spiro atoms. The van der Waals surface area contributed by atoms with E-state index < -0.39 is 10.0 Å². The first-order valence-electron chi connectivity index (χ1n) is 6.87. The summed E-state index contributed by atoms with van der Waals surface area (Å²) in [7, 11) is -3.52. The molecule has 6 heteroatoms. The summed E-state index contributed by atoms with van der Waals surface area (Å²) in [6.07, 6.45) is 1.56. The lowest BCUT2D eigenvalue weighted by Gasteiger charge is -2.23. The second kappa shape index (κ2) is 7.41. The second-order valence-electron chi connectivity index (χ2n) is 4.80. The van der Waals surface area contributed by atoms with Crippen molar-refractivity contribution in [3.63, 3.8) is 0 Å². The highest BCUT2D eigenvalue weighted by Gasteiger charge is 2.26. The van der Waals surface area contributed by atoms with E-state index in [1.807, 2.05) is 13.8 Å². The van der Waals surface area contributed by atoms with Gasteiger partial charge in [-0.15, -0.1) is 0 Å². The highest BCUT2D eigenvalue weighted by Crippen LogP contribution is 2.27. The smallest absolute Gasteiger partial charge is 0.243 e. The molecule has 0 heterocycles. The quantitative estimate of drug-likeness (QED) is 0.840. The van der Waals surface area contributed by atoms with E-state index in [-0.39, 0.29) is 11.4 Å². The average molecular weight is 319 g/mol. The van der Waals surface area contributed by atoms with Crippen LogP contribution in [0, 0.1) is 6.92 Å². The molecule has 0 aromatic heterocycles. The van der Waals surface area contributed by atoms with E-state index in [0.717, 1.165) is 18.4 Å². The van der Waals surface area contributed by atoms with Crippen molar-refractivity contribution in [2.75, 3.05) is 13.1 Å². The molecule has 0 aliphatic heterocycles. The number of nitrogens with zero attached hydrogens (tertiary/aromatic N) is 1. The van der Waals surface area contributed by atoms with Gasteiger partial charge < -0.3 is 5.73 Å². The standard InChI is InChI=1S/C14H23ClN2O2S/c1-4-6-17(7-5-2)20(18,19)14-9-13(15)8-12(10-16)11(14)3/h8-9H,4-7,10,16H2,1-3H3. The van der Waals surface area contributed by atoms with Crippen molar-refractivity contribution < 1.29 is 8.42 Å². The van der Waals surface area contributed by atoms with Crippen LogP contribution in [0.5, 0.6) is 0 Å². The average Bonchev–Trinajstić information content (AvgIpc) is 2.40. The Hall–Kier alpha value is -0.620. The maximum atomic E-state index is 12.8. The number of hydrogen-bond acceptors (Lipinski definition) is 3. The van der Waals surface area contributed by atoms with Gasteiger partial charge in [-0.1, -0.05) is 25.4 Å². The minimum atomic E-state index is -3.52. The van der Waals surface area contributed by atoms with Gasteiger partial charge in [-0.05, 0) is 43.0 Å². The van der Waals surface area contributed by atoms with E-state index in [2.05, 4.69) is 0 Å². The molecule has 1 rings (SSSR count). The molecule has 20 heavy (non-hydrogen) atoms. The summed E-state index contributed by atoms with van der Waals surface area (Å²) in [6, 6.07) is 3.24. The van der Waals surface area contributed by atoms with Crippen molar-refractivity contribution in [3.05, 3.63) is 28.3 Å². The van der Waals surface area contributed by atoms with Gasteiger partial charge in [0.25, 0.3) is 0 Å². The zero-order valence-corrected chi connectivity index (χ0v) is 13.9. The molecular formula is C14H23ClN2O2S. The van der Waals surface area contributed by atoms with Crippen molar-refractivity contribution in [3.8, 4) is 0 Å². The molecule has 0 saturated heterocycles. The molecule has 0 bridgehead atoms. The summed E-state index contributed by atoms with van der Waals surface area (Å²) in [6.45, 7) is 7.01. The summed E-state index contributed by atoms with van der Waals surface area (Å²) in [5.41, 5.74) is 7.11. The first-order valence-corrected chi connectivity index (χ1v) is 8.69. The van der Waals surface area contributed by atoms with Gasteiger partial charge >= 0.3 is 0 Å². The third-order valence-corrected chi connectivity index (χ3v) is 5.46. The molecule has 0 radical (unpaired) electrons. The maximum absolute atomic E-state index is 12.8. The van der Waals surface area contributed by atoms with Gasteiger partial charge in [0.15, 0.2) is 0 Å². The molecule has 1 aromatic carbocycles. The number of nitrogens with two attached hydrogens (primary N) is 1. The van der Waals surface area contributed by atoms with Crippen LogP contribution in [0.4, 0.5) is 0 Å². The van der Waals surface area contributed by atoms with Gasteiger partial charge in [0.1, 0.15) is 0 Å². The summed E-state index contributed by atoms with van der Waals surface area (Å²) in [4.78, 5) is 0.271. The van der Waals surface area contributed by atoms with Crippen LogP contribution in [0.25, 0.3) is 0 Å². The molecule has 0 saturated carbocycles. The highest BCUT2D eigenvalue weighted by molar-refractivity contribution is 7.89. The van der Waals surface area contributed by atoms with E-state index >= 15 is 0 Å². The maximum Gasteiger partial charge on any atom is 0.243 e. The lowest BCUT2D eigenvalue weighted by atomic mass is 10.1. The fourth-order valence-corrected chi connectivity index (χ4v) is 4.40. The zero-order chi connectivity index (χ0) is 15.3. The normalized spacial score (nSPS) is 12.1. The Balaban J connectivity index is 3.36. The molecule has 0 unspecified atom stereocenters. The van der Waals surface area contributed by atoms with Gasteiger partial charge in [-0.2, -0.15) is 4.31 Å². The third kappa shape index (κ3) is 3.73. The Bertz CT molecular complexity index is 553. The van der Waals surface area contributed by atoms with Gasteiger partial charge in [-0.25, -0.2) is 8.42 Å². The van der Waals surface area contributed by atoms with E-state index in [0.29, 0.717) is 23.7 Å². The SMILES string of the molecule is CCCN(CCC)S(=O)(=O)c1cc(Cl)cc(CN)c1C. The number of rotatable bonds is 7. The Labute approximate surface area is 127 Å². The molecule has 0 amide bonds. The van der Waals surface area contributed by atoms with Crippen molar-refractivity contribution in [1.82, 2.24) is 4.31 Å². The Morgan fingerprint density at radius 3 is 2.20 bits per heavy atom. The van der Waals surface area contributed by atoms with Crippen molar-refractivity contribution >= 4 is 21.6 Å². The van der Waals surface area contributed by atoms with E-state index in [1.54, 1.807) is 13.0 Å². The zero-order valence-electron chi connectivity index (χ0n) is 12.3. The minimum Gasteiger partial charge on any atom is -0.326 e. The number of hydrogen-bond donors (Lipinski definition) is 1. The first kappa shape index (κ1) is 17.4. The molecule has 0 aliphatic rings. The molecule has 114 valence electrons. The lowest BCUT2D eigenvalue weighted by Crippen LogP contribution is -2.33. The van der Waals surface area contributed by atoms with Gasteiger partial charge in [0, 0.05) is 24.7 Å². The van der Waals surface area contributed by atoms with Crippen LogP contribution >= 0.6 is 11.6 Å². The molecule has 4 nitrogen and oxygen atoms in total. The van der Waals surface area contributed by atoms with E-state index in [1.165, 1.54) is 10.4 Å². The van der Waals surface area contributed by atoms with Crippen LogP contribution in [0.15, 0.2) is 17.0 Å². The molecule has 0 fully saturated rings. The van der Waals surface area contributed by atoms with E-state index in [9.17, 15) is 8.42 Å². The molecule has 0 aliphatic carbocycles. The van der Waals surface area contributed by atoms with Crippen LogP contribution in [0.3, 0.4) is 0 Å². The number of halogens is 1. The predicted octanol–water partition coefficient (Wildman–Crippen LogP) is 2.92. The summed E-state index contributed by atoms with van der Waals surface area (Å²) >= 11 is 6.03. The third-order valence-electron chi connectivity index (χ3n) is 3.22. The second-order valence-corrected chi connectivity index (χ2v) is 7.14. The Kier molecular flexibility index (Phi) is 6.45. The van der Waals surface area contributed by atoms with Gasteiger partial charge in [0.2, 0.25) is 10.0 Å². The minimum absolute atomic E-state index is 0.271. The van der Waals surface area contributed by atoms with Crippen LogP contribution < -0.4 is 5.73 Å². The van der Waals surface area contributed by atoms with Crippen molar-refractivity contribution in [2.45, 2.75) is 45.1 Å². The highest BCUT2D eigenvalue weighted by atomic mass is 35.5. The van der Waals surface area contributed by atoms with Crippen molar-refractivity contribution in [2.24, 2.45) is 5.73 Å². The Morgan fingerprint density at radius 2 is 1.75 bits per heavy atom. The molecular weight excluding hydrogens is 296 g/mol. The molecule has 0 atom stereocenters. The fraction of sp³-hybridized carbons (Fsp3) is 0.571. The van der Waals surface area contributed by atoms with Crippen LogP contribution in [0.2, 0.25) is 5.02 Å². The van der Waals surface area contributed by atoms with Crippen molar-refractivity contribution in [1.29, 1.82) is 0 Å². The first-order chi connectivity index (χ1) is 9.38. The van der Waals surface area contributed by atoms with Crippen LogP contribution in [0.1, 0.15) is 37.8 Å². The van der Waals surface area contributed by atoms with Gasteiger partial charge in [-0.3, -0.25) is 0 Å². The monoisotopic (exact) mass is 318 g/mol. The van der Waals surface area contributed by atoms with Crippen LogP contribution in [-0.4, -0.2) is 25.8 Å². The lowest BCUT2D eigenvalue weighted by molar-refractivity contribution is 0.409. The number of sulfonamides is 1. The van der Waals surface area contributed by atoms with E-state index in [4.69, 9.17) is 17.3 Å². The number of benzene rings is 1. The predicted molar refractivity (Wildman–Crippen MR) is 83.4 cm³/mol.